The molecule has 52 heavy (non-hydrogen) atoms. The number of hydrogen-bond donors (Lipinski definition) is 2. The minimum absolute atomic E-state index is 0. The lowest BCUT2D eigenvalue weighted by atomic mass is 10.00. The van der Waals surface area contributed by atoms with Crippen LogP contribution in [0, 0.1) is 0 Å². The highest BCUT2D eigenvalue weighted by Gasteiger charge is 2.38. The first kappa shape index (κ1) is 40.1. The second kappa shape index (κ2) is 16.9. The van der Waals surface area contributed by atoms with Crippen molar-refractivity contribution in [1.82, 2.24) is 29.7 Å². The van der Waals surface area contributed by atoms with Crippen LogP contribution in [0.4, 0.5) is 0 Å². The van der Waals surface area contributed by atoms with E-state index in [1.54, 1.807) is 0 Å². The number of imidazole rings is 2. The van der Waals surface area contributed by atoms with E-state index in [9.17, 15) is 9.59 Å². The molecule has 2 aromatic heterocycles. The number of rotatable bonds is 6. The van der Waals surface area contributed by atoms with Crippen LogP contribution in [0.3, 0.4) is 0 Å². The van der Waals surface area contributed by atoms with Crippen molar-refractivity contribution < 1.29 is 19.1 Å². The average molecular weight is 781 g/mol. The summed E-state index contributed by atoms with van der Waals surface area (Å²) in [5.41, 5.74) is 8.22. The van der Waals surface area contributed by atoms with Gasteiger partial charge in [-0.1, -0.05) is 36.4 Å². The average Bonchev–Trinajstić information content (AvgIpc) is 3.97. The van der Waals surface area contributed by atoms with Gasteiger partial charge in [0, 0.05) is 26.3 Å². The number of nitrogens with zero attached hydrogens (tertiary/aromatic N) is 4. The molecule has 14 heteroatoms. The van der Waals surface area contributed by atoms with Gasteiger partial charge >= 0.3 is 0 Å². The van der Waals surface area contributed by atoms with Gasteiger partial charge in [-0.2, -0.15) is 54.0 Å². The number of aromatic amines is 2. The van der Waals surface area contributed by atoms with Crippen molar-refractivity contribution in [2.45, 2.75) is 75.7 Å². The summed E-state index contributed by atoms with van der Waals surface area (Å²) >= 11 is 0. The van der Waals surface area contributed by atoms with Crippen LogP contribution in [-0.4, -0.2) is 80.1 Å². The van der Waals surface area contributed by atoms with Crippen LogP contribution in [0.15, 0.2) is 60.7 Å². The number of carbonyl (C=O) groups excluding carboxylic acids is 2. The van der Waals surface area contributed by atoms with Gasteiger partial charge in [0.25, 0.3) is 11.8 Å². The molecule has 5 aromatic rings. The monoisotopic (exact) mass is 780 g/mol. The standard InChI is InChI=1S/C38H40N6O4.4H2S/c45-37(33-7-3-19-47-33)43-17-1-5-31(43)35-39-27-15-13-25(21-29(27)41-35)23-9-11-24(12-10-23)26-14-16-28-30(22-26)42-36(40-28)32-6-2-18-44(32)38(46)34-8-4-20-48-34;;;;/h9-16,21-22,31-34H,1-8,17-20H2,(H,39,41)(H,40,42);4*1H2/t31-,32-,33-,34-;;;;/m0..../s1. The highest BCUT2D eigenvalue weighted by Crippen LogP contribution is 2.36. The number of carbonyl (C=O) groups is 2. The van der Waals surface area contributed by atoms with Crippen molar-refractivity contribution in [2.75, 3.05) is 26.3 Å². The fourth-order valence-electron chi connectivity index (χ4n) is 8.13. The molecule has 10 nitrogen and oxygen atoms in total. The number of nitrogens with one attached hydrogen (secondary N) is 2. The first-order valence-corrected chi connectivity index (χ1v) is 17.5. The third-order valence-electron chi connectivity index (χ3n) is 10.7. The van der Waals surface area contributed by atoms with Crippen molar-refractivity contribution in [2.24, 2.45) is 0 Å². The van der Waals surface area contributed by atoms with Crippen LogP contribution in [0.5, 0.6) is 0 Å². The topological polar surface area (TPSA) is 116 Å². The Hall–Kier alpha value is -3.14. The van der Waals surface area contributed by atoms with Crippen LogP contribution in [-0.2, 0) is 19.1 Å². The molecule has 0 aliphatic carbocycles. The maximum absolute atomic E-state index is 13.1. The highest BCUT2D eigenvalue weighted by molar-refractivity contribution is 7.59. The van der Waals surface area contributed by atoms with E-state index in [1.165, 1.54) is 0 Å². The Morgan fingerprint density at radius 2 is 0.962 bits per heavy atom. The molecule has 4 aliphatic rings. The van der Waals surface area contributed by atoms with Gasteiger partial charge in [0.1, 0.15) is 23.9 Å². The van der Waals surface area contributed by atoms with Gasteiger partial charge in [-0.15, -0.1) is 0 Å². The zero-order valence-electron chi connectivity index (χ0n) is 29.0. The van der Waals surface area contributed by atoms with E-state index in [0.717, 1.165) is 120 Å². The third-order valence-corrected chi connectivity index (χ3v) is 10.7. The van der Waals surface area contributed by atoms with Crippen LogP contribution in [0.25, 0.3) is 44.3 Å². The highest BCUT2D eigenvalue weighted by atomic mass is 32.1. The van der Waals surface area contributed by atoms with Gasteiger partial charge in [-0.3, -0.25) is 9.59 Å². The fraction of sp³-hybridized carbons (Fsp3) is 0.421. The molecule has 0 spiro atoms. The van der Waals surface area contributed by atoms with Gasteiger partial charge < -0.3 is 29.2 Å². The molecular weight excluding hydrogens is 733 g/mol. The van der Waals surface area contributed by atoms with E-state index in [0.29, 0.717) is 13.2 Å². The molecule has 4 aliphatic heterocycles. The van der Waals surface area contributed by atoms with E-state index in [1.807, 2.05) is 9.80 Å². The predicted octanol–water partition coefficient (Wildman–Crippen LogP) is 6.91. The van der Waals surface area contributed by atoms with Gasteiger partial charge in [0.05, 0.1) is 34.2 Å². The maximum Gasteiger partial charge on any atom is 0.252 e. The molecule has 2 N–H and O–H groups in total. The van der Waals surface area contributed by atoms with E-state index in [-0.39, 0.29) is 90.1 Å². The molecule has 0 radical (unpaired) electrons. The van der Waals surface area contributed by atoms with E-state index >= 15 is 0 Å². The molecule has 9 rings (SSSR count). The van der Waals surface area contributed by atoms with Gasteiger partial charge in [0.15, 0.2) is 0 Å². The largest absolute Gasteiger partial charge is 0.368 e. The quantitative estimate of drug-likeness (QED) is 0.194. The summed E-state index contributed by atoms with van der Waals surface area (Å²) in [5, 5.41) is 0. The lowest BCUT2D eigenvalue weighted by Gasteiger charge is -2.25. The lowest BCUT2D eigenvalue weighted by Crippen LogP contribution is -2.38. The van der Waals surface area contributed by atoms with Crippen molar-refractivity contribution in [3.05, 3.63) is 72.3 Å². The zero-order valence-corrected chi connectivity index (χ0v) is 33.0. The number of amides is 2. The number of H-pyrrole nitrogens is 2. The molecule has 0 unspecified atom stereocenters. The fourth-order valence-corrected chi connectivity index (χ4v) is 8.13. The Kier molecular flexibility index (Phi) is 13.0. The van der Waals surface area contributed by atoms with Crippen LogP contribution < -0.4 is 0 Å². The molecule has 3 aromatic carbocycles. The van der Waals surface area contributed by atoms with Gasteiger partial charge in [-0.25, -0.2) is 9.97 Å². The summed E-state index contributed by atoms with van der Waals surface area (Å²) in [6, 6.07) is 21.2. The second-order valence-electron chi connectivity index (χ2n) is 13.7. The summed E-state index contributed by atoms with van der Waals surface area (Å²) in [6.45, 7) is 2.85. The summed E-state index contributed by atoms with van der Waals surface area (Å²) < 4.78 is 11.4. The van der Waals surface area contributed by atoms with E-state index < -0.39 is 0 Å². The summed E-state index contributed by atoms with van der Waals surface area (Å²) in [4.78, 5) is 47.1. The Balaban J connectivity index is 0.00000131. The number of benzene rings is 3. The lowest BCUT2D eigenvalue weighted by molar-refractivity contribution is -0.142. The number of aromatic nitrogens is 4. The Morgan fingerprint density at radius 3 is 1.35 bits per heavy atom. The molecule has 2 amide bonds. The zero-order chi connectivity index (χ0) is 32.2. The van der Waals surface area contributed by atoms with Crippen molar-refractivity contribution in [3.8, 4) is 22.3 Å². The first-order chi connectivity index (χ1) is 23.6. The molecule has 278 valence electrons. The van der Waals surface area contributed by atoms with Crippen molar-refractivity contribution in [3.63, 3.8) is 0 Å². The van der Waals surface area contributed by atoms with Gasteiger partial charge in [0.2, 0.25) is 0 Å². The Labute approximate surface area is 331 Å². The SMILES string of the molecule is O=C([C@@H]1CCCO1)N1CCC[C@H]1c1nc2ccc(-c3ccc(-c4ccc5nc([C@@H]6CCCN6C(=O)[C@@H]6CCCO6)[nH]c5c4)cc3)cc2[nH]1.S.S.S.S. The minimum Gasteiger partial charge on any atom is -0.368 e. The number of ether oxygens (including phenoxy) is 2. The van der Waals surface area contributed by atoms with Crippen LogP contribution >= 0.6 is 54.0 Å². The summed E-state index contributed by atoms with van der Waals surface area (Å²) in [7, 11) is 0. The molecule has 4 atom stereocenters. The molecule has 4 saturated heterocycles. The minimum atomic E-state index is -0.305. The van der Waals surface area contributed by atoms with E-state index in [4.69, 9.17) is 19.4 Å². The van der Waals surface area contributed by atoms with Crippen LogP contribution in [0.1, 0.15) is 75.1 Å². The smallest absolute Gasteiger partial charge is 0.252 e. The summed E-state index contributed by atoms with van der Waals surface area (Å²) in [6.07, 6.45) is 6.67. The number of fused-ring (bicyclic) bond motifs is 2. The predicted molar refractivity (Wildman–Crippen MR) is 223 cm³/mol. The normalized spacial score (nSPS) is 22.5. The Morgan fingerprint density at radius 1 is 0.558 bits per heavy atom. The third kappa shape index (κ3) is 7.47. The molecule has 0 saturated carbocycles. The van der Waals surface area contributed by atoms with Gasteiger partial charge in [-0.05, 0) is 97.9 Å². The van der Waals surface area contributed by atoms with Crippen LogP contribution in [0.2, 0.25) is 0 Å². The Bertz CT molecular complexity index is 1860. The molecule has 6 heterocycles. The molecule has 0 bridgehead atoms. The second-order valence-corrected chi connectivity index (χ2v) is 13.7. The van der Waals surface area contributed by atoms with Crippen molar-refractivity contribution in [1.29, 1.82) is 0 Å². The molecule has 4 fully saturated rings. The molecular formula is C38H48N6O4S4. The number of hydrogen-bond acceptors (Lipinski definition) is 6. The van der Waals surface area contributed by atoms with E-state index in [2.05, 4.69) is 70.6 Å². The van der Waals surface area contributed by atoms with Crippen molar-refractivity contribution >= 4 is 87.9 Å². The maximum atomic E-state index is 13.1. The summed E-state index contributed by atoms with van der Waals surface area (Å²) in [5.74, 6) is 1.92. The first-order valence-electron chi connectivity index (χ1n) is 17.5. The number of likely N-dealkylation sites (tertiary alicyclic amines) is 2.